The third-order valence-electron chi connectivity index (χ3n) is 2.53. The minimum absolute atomic E-state index is 0.124. The van der Waals surface area contributed by atoms with Crippen molar-refractivity contribution in [2.75, 3.05) is 5.73 Å². The standard InChI is InChI=1S/C13H11ClFN3O/c14-9-3-1-8(2-4-9)7-18-13(19)10-5-6-17-12(16)11(10)15/h1-6H,7H2,(H2,16,17)(H,18,19). The number of nitrogens with two attached hydrogens (primary N) is 1. The number of pyridine rings is 1. The third kappa shape index (κ3) is 3.20. The summed E-state index contributed by atoms with van der Waals surface area (Å²) in [5, 5.41) is 3.21. The Bertz CT molecular complexity index is 601. The van der Waals surface area contributed by atoms with Crippen LogP contribution < -0.4 is 11.1 Å². The maximum atomic E-state index is 13.6. The lowest BCUT2D eigenvalue weighted by molar-refractivity contribution is 0.0947. The number of nitrogens with one attached hydrogen (secondary N) is 1. The summed E-state index contributed by atoms with van der Waals surface area (Å²) in [6.07, 6.45) is 1.29. The molecule has 4 nitrogen and oxygen atoms in total. The highest BCUT2D eigenvalue weighted by Crippen LogP contribution is 2.12. The fraction of sp³-hybridized carbons (Fsp3) is 0.0769. The van der Waals surface area contributed by atoms with Gasteiger partial charge in [0, 0.05) is 17.8 Å². The van der Waals surface area contributed by atoms with Crippen LogP contribution in [0, 0.1) is 5.82 Å². The van der Waals surface area contributed by atoms with E-state index >= 15 is 0 Å². The van der Waals surface area contributed by atoms with Gasteiger partial charge in [0.15, 0.2) is 11.6 Å². The van der Waals surface area contributed by atoms with Crippen LogP contribution >= 0.6 is 11.6 Å². The molecule has 0 unspecified atom stereocenters. The van der Waals surface area contributed by atoms with Gasteiger partial charge in [-0.15, -0.1) is 0 Å². The van der Waals surface area contributed by atoms with Gasteiger partial charge in [-0.1, -0.05) is 23.7 Å². The van der Waals surface area contributed by atoms with Crippen LogP contribution in [0.3, 0.4) is 0 Å². The van der Waals surface area contributed by atoms with E-state index in [1.54, 1.807) is 24.3 Å². The molecule has 2 aromatic rings. The van der Waals surface area contributed by atoms with Gasteiger partial charge in [0.05, 0.1) is 5.56 Å². The number of amides is 1. The average molecular weight is 280 g/mol. The molecule has 0 aliphatic carbocycles. The Balaban J connectivity index is 2.05. The Morgan fingerprint density at radius 1 is 1.32 bits per heavy atom. The summed E-state index contributed by atoms with van der Waals surface area (Å²) in [5.74, 6) is -1.64. The van der Waals surface area contributed by atoms with E-state index in [1.165, 1.54) is 12.3 Å². The number of anilines is 1. The van der Waals surface area contributed by atoms with E-state index in [0.29, 0.717) is 5.02 Å². The van der Waals surface area contributed by atoms with Crippen LogP contribution in [-0.4, -0.2) is 10.9 Å². The summed E-state index contributed by atoms with van der Waals surface area (Å²) in [6.45, 7) is 0.275. The lowest BCUT2D eigenvalue weighted by Crippen LogP contribution is -2.24. The average Bonchev–Trinajstić information content (AvgIpc) is 2.41. The summed E-state index contributed by atoms with van der Waals surface area (Å²) in [5.41, 5.74) is 6.04. The number of aromatic nitrogens is 1. The van der Waals surface area contributed by atoms with Crippen LogP contribution in [0.2, 0.25) is 5.02 Å². The number of nitrogens with zero attached hydrogens (tertiary/aromatic N) is 1. The highest BCUT2D eigenvalue weighted by atomic mass is 35.5. The molecule has 6 heteroatoms. The largest absolute Gasteiger partial charge is 0.381 e. The number of nitrogen functional groups attached to an aromatic ring is 1. The fourth-order valence-electron chi connectivity index (χ4n) is 1.52. The smallest absolute Gasteiger partial charge is 0.254 e. The maximum absolute atomic E-state index is 13.6. The predicted octanol–water partition coefficient (Wildman–Crippen LogP) is 2.39. The van der Waals surface area contributed by atoms with E-state index in [4.69, 9.17) is 17.3 Å². The van der Waals surface area contributed by atoms with Crippen molar-refractivity contribution >= 4 is 23.3 Å². The van der Waals surface area contributed by atoms with E-state index in [2.05, 4.69) is 10.3 Å². The zero-order chi connectivity index (χ0) is 13.8. The first-order chi connectivity index (χ1) is 9.08. The van der Waals surface area contributed by atoms with Crippen LogP contribution in [0.4, 0.5) is 10.2 Å². The minimum Gasteiger partial charge on any atom is -0.381 e. The van der Waals surface area contributed by atoms with E-state index in [9.17, 15) is 9.18 Å². The molecular weight excluding hydrogens is 269 g/mol. The van der Waals surface area contributed by atoms with Gasteiger partial charge in [-0.25, -0.2) is 9.37 Å². The van der Waals surface area contributed by atoms with Gasteiger partial charge in [-0.2, -0.15) is 0 Å². The first-order valence-corrected chi connectivity index (χ1v) is 5.88. The lowest BCUT2D eigenvalue weighted by Gasteiger charge is -2.07. The van der Waals surface area contributed by atoms with Crippen LogP contribution in [-0.2, 0) is 6.54 Å². The van der Waals surface area contributed by atoms with E-state index in [0.717, 1.165) is 5.56 Å². The molecule has 0 fully saturated rings. The zero-order valence-corrected chi connectivity index (χ0v) is 10.6. The Morgan fingerprint density at radius 3 is 2.68 bits per heavy atom. The SMILES string of the molecule is Nc1nccc(C(=O)NCc2ccc(Cl)cc2)c1F. The van der Waals surface area contributed by atoms with E-state index < -0.39 is 11.7 Å². The predicted molar refractivity (Wildman–Crippen MR) is 71.2 cm³/mol. The van der Waals surface area contributed by atoms with Crippen LogP contribution in [0.1, 0.15) is 15.9 Å². The number of hydrogen-bond acceptors (Lipinski definition) is 3. The molecule has 0 spiro atoms. The van der Waals surface area contributed by atoms with Crippen molar-refractivity contribution < 1.29 is 9.18 Å². The third-order valence-corrected chi connectivity index (χ3v) is 2.78. The van der Waals surface area contributed by atoms with Crippen molar-refractivity contribution in [1.29, 1.82) is 0 Å². The second-order valence-corrected chi connectivity index (χ2v) is 4.30. The molecule has 0 aliphatic heterocycles. The zero-order valence-electron chi connectivity index (χ0n) is 9.86. The molecule has 0 radical (unpaired) electrons. The second kappa shape index (κ2) is 5.67. The number of carbonyl (C=O) groups excluding carboxylic acids is 1. The first kappa shape index (κ1) is 13.3. The minimum atomic E-state index is -0.809. The van der Waals surface area contributed by atoms with Gasteiger partial charge in [0.25, 0.3) is 5.91 Å². The summed E-state index contributed by atoms with van der Waals surface area (Å²) < 4.78 is 13.6. The van der Waals surface area contributed by atoms with Crippen molar-refractivity contribution in [2.24, 2.45) is 0 Å². The van der Waals surface area contributed by atoms with Gasteiger partial charge in [-0.05, 0) is 23.8 Å². The summed E-state index contributed by atoms with van der Waals surface area (Å²) in [7, 11) is 0. The maximum Gasteiger partial charge on any atom is 0.254 e. The second-order valence-electron chi connectivity index (χ2n) is 3.87. The molecule has 1 amide bonds. The number of halogens is 2. The Labute approximate surface area is 114 Å². The van der Waals surface area contributed by atoms with Crippen molar-refractivity contribution in [2.45, 2.75) is 6.54 Å². The number of benzene rings is 1. The van der Waals surface area contributed by atoms with Crippen LogP contribution in [0.25, 0.3) is 0 Å². The molecule has 19 heavy (non-hydrogen) atoms. The Morgan fingerprint density at radius 2 is 2.00 bits per heavy atom. The first-order valence-electron chi connectivity index (χ1n) is 5.50. The molecule has 98 valence electrons. The van der Waals surface area contributed by atoms with E-state index in [1.807, 2.05) is 0 Å². The monoisotopic (exact) mass is 279 g/mol. The molecule has 0 bridgehead atoms. The molecule has 0 saturated heterocycles. The summed E-state index contributed by atoms with van der Waals surface area (Å²) in [6, 6.07) is 8.27. The normalized spacial score (nSPS) is 10.2. The van der Waals surface area contributed by atoms with E-state index in [-0.39, 0.29) is 17.9 Å². The quantitative estimate of drug-likeness (QED) is 0.906. The highest BCUT2D eigenvalue weighted by molar-refractivity contribution is 6.30. The van der Waals surface area contributed by atoms with Crippen molar-refractivity contribution in [3.05, 3.63) is 58.5 Å². The van der Waals surface area contributed by atoms with Gasteiger partial charge in [0.2, 0.25) is 0 Å². The Kier molecular flexibility index (Phi) is 3.97. The molecule has 0 atom stereocenters. The number of hydrogen-bond donors (Lipinski definition) is 2. The van der Waals surface area contributed by atoms with Gasteiger partial charge in [-0.3, -0.25) is 4.79 Å². The molecule has 0 aliphatic rings. The van der Waals surface area contributed by atoms with Crippen molar-refractivity contribution in [3.63, 3.8) is 0 Å². The summed E-state index contributed by atoms with van der Waals surface area (Å²) in [4.78, 5) is 15.4. The Hall–Kier alpha value is -2.14. The molecule has 0 saturated carbocycles. The molecular formula is C13H11ClFN3O. The molecule has 3 N–H and O–H groups in total. The molecule has 1 aromatic carbocycles. The summed E-state index contributed by atoms with van der Waals surface area (Å²) >= 11 is 5.75. The lowest BCUT2D eigenvalue weighted by atomic mass is 10.2. The van der Waals surface area contributed by atoms with Gasteiger partial charge < -0.3 is 11.1 Å². The molecule has 1 aromatic heterocycles. The van der Waals surface area contributed by atoms with Crippen LogP contribution in [0.15, 0.2) is 36.5 Å². The number of rotatable bonds is 3. The van der Waals surface area contributed by atoms with Crippen molar-refractivity contribution in [1.82, 2.24) is 10.3 Å². The van der Waals surface area contributed by atoms with Crippen molar-refractivity contribution in [3.8, 4) is 0 Å². The fourth-order valence-corrected chi connectivity index (χ4v) is 1.64. The van der Waals surface area contributed by atoms with Gasteiger partial charge >= 0.3 is 0 Å². The molecule has 2 rings (SSSR count). The molecule has 1 heterocycles. The highest BCUT2D eigenvalue weighted by Gasteiger charge is 2.13. The van der Waals surface area contributed by atoms with Crippen LogP contribution in [0.5, 0.6) is 0 Å². The topological polar surface area (TPSA) is 68.0 Å². The number of carbonyl (C=O) groups is 1. The van der Waals surface area contributed by atoms with Gasteiger partial charge in [0.1, 0.15) is 0 Å².